The van der Waals surface area contributed by atoms with Gasteiger partial charge in [-0.2, -0.15) is 0 Å². The summed E-state index contributed by atoms with van der Waals surface area (Å²) in [4.78, 5) is 0. The van der Waals surface area contributed by atoms with Gasteiger partial charge >= 0.3 is 0 Å². The van der Waals surface area contributed by atoms with Crippen molar-refractivity contribution in [2.24, 2.45) is 0 Å². The van der Waals surface area contributed by atoms with Crippen molar-refractivity contribution in [3.63, 3.8) is 0 Å². The molecule has 0 nitrogen and oxygen atoms in total. The lowest BCUT2D eigenvalue weighted by atomic mass is 10.4. The van der Waals surface area contributed by atoms with Gasteiger partial charge in [0.2, 0.25) is 0 Å². The van der Waals surface area contributed by atoms with Crippen LogP contribution in [-0.4, -0.2) is 5.90 Å². The monoisotopic (exact) mass is 574 g/mol. The largest absolute Gasteiger partial charge is 0.0858 e. The van der Waals surface area contributed by atoms with Crippen LogP contribution < -0.4 is 21.2 Å². The van der Waals surface area contributed by atoms with E-state index in [0.29, 0.717) is 0 Å². The summed E-state index contributed by atoms with van der Waals surface area (Å²) in [5, 5.41) is 4.78. The first kappa shape index (κ1) is 24.2. The zero-order valence-corrected chi connectivity index (χ0v) is 24.5. The van der Waals surface area contributed by atoms with Gasteiger partial charge in [-0.15, -0.1) is 0 Å². The van der Waals surface area contributed by atoms with Crippen molar-refractivity contribution in [3.8, 4) is 0 Å². The number of rotatable bonds is 4. The maximum absolute atomic E-state index is 6.98. The molecule has 0 aliphatic carbocycles. The number of hydrogen-bond acceptors (Lipinski definition) is 4. The van der Waals surface area contributed by atoms with E-state index in [1.54, 1.807) is 0 Å². The maximum atomic E-state index is 6.98. The van der Waals surface area contributed by atoms with Crippen molar-refractivity contribution in [2.45, 2.75) is 0 Å². The fourth-order valence-electron chi connectivity index (χ4n) is 4.55. The first-order valence-corrected chi connectivity index (χ1v) is 24.2. The second-order valence-electron chi connectivity index (χ2n) is 7.97. The van der Waals surface area contributed by atoms with Crippen molar-refractivity contribution in [3.05, 3.63) is 121 Å². The summed E-state index contributed by atoms with van der Waals surface area (Å²) in [6.07, 6.45) is 0. The topological polar surface area (TPSA) is 0 Å². The Balaban J connectivity index is 1.97. The summed E-state index contributed by atoms with van der Waals surface area (Å²) in [6.45, 7) is 0. The lowest BCUT2D eigenvalue weighted by Gasteiger charge is -2.38. The minimum Gasteiger partial charge on any atom is -0.0858 e. The third kappa shape index (κ3) is 3.49. The highest BCUT2D eigenvalue weighted by Crippen LogP contribution is 3.16. The molecule has 0 aromatic heterocycles. The normalized spacial score (nSPS) is 31.3. The van der Waals surface area contributed by atoms with Gasteiger partial charge in [0, 0.05) is 17.4 Å². The SMILES string of the molecule is S=[P@]1(c2ccccc2)[P@](=S)(c2ccccc2)[P@@](=S)(c2ccccc2)C[P@]1(=S)c1ccccc1. The lowest BCUT2D eigenvalue weighted by molar-refractivity contribution is 1.76. The second-order valence-corrected chi connectivity index (χ2v) is 41.2. The van der Waals surface area contributed by atoms with Gasteiger partial charge in [0.25, 0.3) is 0 Å². The van der Waals surface area contributed by atoms with Crippen molar-refractivity contribution >= 4 is 90.7 Å². The highest BCUT2D eigenvalue weighted by Gasteiger charge is 2.62. The Labute approximate surface area is 216 Å². The third-order valence-corrected chi connectivity index (χ3v) is 66.9. The molecule has 0 bridgehead atoms. The molecule has 33 heavy (non-hydrogen) atoms. The van der Waals surface area contributed by atoms with Crippen LogP contribution in [0.4, 0.5) is 0 Å². The molecule has 8 heteroatoms. The van der Waals surface area contributed by atoms with Gasteiger partial charge in [0.15, 0.2) is 0 Å². The molecular weight excluding hydrogens is 552 g/mol. The summed E-state index contributed by atoms with van der Waals surface area (Å²) < 4.78 is 0. The summed E-state index contributed by atoms with van der Waals surface area (Å²) in [5.41, 5.74) is -9.51. The molecule has 1 aliphatic rings. The zero-order valence-electron chi connectivity index (χ0n) is 17.7. The van der Waals surface area contributed by atoms with Crippen LogP contribution in [0.5, 0.6) is 0 Å². The average Bonchev–Trinajstić information content (AvgIpc) is 3.04. The predicted molar refractivity (Wildman–Crippen MR) is 166 cm³/mol. The van der Waals surface area contributed by atoms with Crippen molar-refractivity contribution < 1.29 is 0 Å². The number of hydrogen-bond donors (Lipinski definition) is 0. The Morgan fingerprint density at radius 2 is 0.606 bits per heavy atom. The maximum Gasteiger partial charge on any atom is 0.0573 e. The van der Waals surface area contributed by atoms with E-state index in [1.807, 2.05) is 24.3 Å². The highest BCUT2D eigenvalue weighted by molar-refractivity contribution is 9.13. The first-order valence-electron chi connectivity index (χ1n) is 10.5. The number of benzene rings is 4. The molecular formula is C25H22P4S4. The van der Waals surface area contributed by atoms with Crippen LogP contribution in [0, 0.1) is 0 Å². The second kappa shape index (κ2) is 9.17. The first-order chi connectivity index (χ1) is 15.9. The molecule has 5 rings (SSSR count). The van der Waals surface area contributed by atoms with Crippen LogP contribution in [0.2, 0.25) is 0 Å². The van der Waals surface area contributed by atoms with Crippen molar-refractivity contribution in [1.82, 2.24) is 0 Å². The van der Waals surface area contributed by atoms with Crippen molar-refractivity contribution in [2.75, 3.05) is 5.90 Å². The molecule has 1 aliphatic heterocycles. The van der Waals surface area contributed by atoms with Crippen LogP contribution in [0.25, 0.3) is 0 Å². The van der Waals surface area contributed by atoms with Gasteiger partial charge < -0.3 is 0 Å². The fraction of sp³-hybridized carbons (Fsp3) is 0.0400. The van der Waals surface area contributed by atoms with Crippen LogP contribution in [0.1, 0.15) is 0 Å². The molecule has 0 spiro atoms. The van der Waals surface area contributed by atoms with E-state index in [0.717, 1.165) is 5.90 Å². The Bertz CT molecular complexity index is 1370. The molecule has 1 saturated heterocycles. The highest BCUT2D eigenvalue weighted by atomic mass is 33.1. The minimum atomic E-state index is -2.47. The third-order valence-electron chi connectivity index (χ3n) is 6.13. The molecule has 0 amide bonds. The molecule has 4 aromatic carbocycles. The summed E-state index contributed by atoms with van der Waals surface area (Å²) in [5.74, 6) is 0.803. The Kier molecular flexibility index (Phi) is 6.72. The van der Waals surface area contributed by atoms with Gasteiger partial charge in [-0.05, 0) is 21.2 Å². The molecule has 0 unspecified atom stereocenters. The van der Waals surface area contributed by atoms with E-state index in [9.17, 15) is 0 Å². The van der Waals surface area contributed by atoms with Crippen LogP contribution in [-0.2, 0) is 47.2 Å². The van der Waals surface area contributed by atoms with Gasteiger partial charge in [0.1, 0.15) is 0 Å². The molecule has 0 N–H and O–H groups in total. The van der Waals surface area contributed by atoms with Crippen LogP contribution in [0.15, 0.2) is 121 Å². The van der Waals surface area contributed by atoms with Gasteiger partial charge in [-0.3, -0.25) is 0 Å². The molecule has 166 valence electrons. The van der Waals surface area contributed by atoms with Crippen molar-refractivity contribution in [1.29, 1.82) is 0 Å². The van der Waals surface area contributed by atoms with Gasteiger partial charge in [-0.1, -0.05) is 169 Å². The Morgan fingerprint density at radius 3 is 0.879 bits per heavy atom. The molecule has 0 radical (unpaired) electrons. The Hall–Kier alpha value is -0.520. The van der Waals surface area contributed by atoms with E-state index in [2.05, 4.69) is 97.1 Å². The van der Waals surface area contributed by atoms with Gasteiger partial charge in [-0.25, -0.2) is 0 Å². The van der Waals surface area contributed by atoms with E-state index >= 15 is 0 Å². The van der Waals surface area contributed by atoms with Gasteiger partial charge in [0.05, 0.1) is 10.8 Å². The van der Waals surface area contributed by atoms with Crippen LogP contribution >= 0.6 is 22.3 Å². The minimum absolute atomic E-state index is 0.803. The summed E-state index contributed by atoms with van der Waals surface area (Å²) in [6, 6.07) is 42.4. The van der Waals surface area contributed by atoms with Crippen LogP contribution in [0.3, 0.4) is 0 Å². The zero-order chi connectivity index (χ0) is 23.2. The summed E-state index contributed by atoms with van der Waals surface area (Å²) in [7, 11) is 0. The van der Waals surface area contributed by atoms with E-state index in [-0.39, 0.29) is 0 Å². The predicted octanol–water partition coefficient (Wildman–Crippen LogP) is 6.92. The molecule has 1 fully saturated rings. The quantitative estimate of drug-likeness (QED) is 0.243. The molecule has 4 aromatic rings. The molecule has 1 heterocycles. The fourth-order valence-corrected chi connectivity index (χ4v) is 86.6. The smallest absolute Gasteiger partial charge is 0.0573 e. The average molecular weight is 575 g/mol. The van der Waals surface area contributed by atoms with E-state index < -0.39 is 22.3 Å². The molecule has 0 saturated carbocycles. The lowest BCUT2D eigenvalue weighted by Crippen LogP contribution is -2.13. The molecule has 4 atom stereocenters. The van der Waals surface area contributed by atoms with E-state index in [4.69, 9.17) is 47.2 Å². The van der Waals surface area contributed by atoms with E-state index in [1.165, 1.54) is 21.2 Å². The Morgan fingerprint density at radius 1 is 0.364 bits per heavy atom. The summed E-state index contributed by atoms with van der Waals surface area (Å²) >= 11 is 27.6. The standard InChI is InChI=1S/C25H22P4S4/c30-26(22-13-5-1-6-14-22)21-27(31,23-15-7-2-8-16-23)29(33,25-19-11-4-12-20-25)28(26,32)24-17-9-3-10-18-24/h1-20H,21H2/t26-,27-,28-,29-/m0/s1.